The molecule has 1 aliphatic heterocycles. The lowest BCUT2D eigenvalue weighted by Gasteiger charge is -2.11. The lowest BCUT2D eigenvalue weighted by atomic mass is 10.1. The molecule has 0 N–H and O–H groups in total. The molecule has 0 fully saturated rings. The molecule has 0 bridgehead atoms. The standard InChI is InChI=1S/C24H17BrN2O6/c1-31-22-13-16(4-11-21(22)32-14-15-2-9-19(10-3-15)27(29)30)12-20-24(28)33-23(26-20)17-5-7-18(25)8-6-17/h2-13H,14H2,1H3/b20-12-. The monoisotopic (exact) mass is 508 g/mol. The summed E-state index contributed by atoms with van der Waals surface area (Å²) in [6.07, 6.45) is 1.61. The van der Waals surface area contributed by atoms with E-state index in [0.29, 0.717) is 22.6 Å². The fraction of sp³-hybridized carbons (Fsp3) is 0.0833. The largest absolute Gasteiger partial charge is 0.493 e. The number of ether oxygens (including phenoxy) is 3. The Bertz CT molecular complexity index is 1270. The first-order valence-corrected chi connectivity index (χ1v) is 10.5. The predicted molar refractivity (Wildman–Crippen MR) is 125 cm³/mol. The van der Waals surface area contributed by atoms with Crippen LogP contribution in [0.3, 0.4) is 0 Å². The van der Waals surface area contributed by atoms with Crippen molar-refractivity contribution in [2.45, 2.75) is 6.61 Å². The molecule has 0 radical (unpaired) electrons. The molecule has 0 atom stereocenters. The minimum Gasteiger partial charge on any atom is -0.493 e. The van der Waals surface area contributed by atoms with Gasteiger partial charge in [0.05, 0.1) is 12.0 Å². The van der Waals surface area contributed by atoms with Crippen molar-refractivity contribution >= 4 is 39.6 Å². The number of benzene rings is 3. The second-order valence-corrected chi connectivity index (χ2v) is 7.88. The molecule has 8 nitrogen and oxygen atoms in total. The second-order valence-electron chi connectivity index (χ2n) is 6.97. The van der Waals surface area contributed by atoms with Gasteiger partial charge in [0.2, 0.25) is 5.90 Å². The lowest BCUT2D eigenvalue weighted by Crippen LogP contribution is -2.05. The summed E-state index contributed by atoms with van der Waals surface area (Å²) in [7, 11) is 1.51. The average molecular weight is 509 g/mol. The second kappa shape index (κ2) is 9.66. The van der Waals surface area contributed by atoms with Crippen LogP contribution in [0.4, 0.5) is 5.69 Å². The Morgan fingerprint density at radius 2 is 1.79 bits per heavy atom. The first-order chi connectivity index (χ1) is 15.9. The van der Waals surface area contributed by atoms with E-state index in [1.54, 1.807) is 48.5 Å². The third-order valence-corrected chi connectivity index (χ3v) is 5.27. The van der Waals surface area contributed by atoms with Crippen molar-refractivity contribution in [1.82, 2.24) is 0 Å². The third-order valence-electron chi connectivity index (χ3n) is 4.74. The maximum Gasteiger partial charge on any atom is 0.363 e. The van der Waals surface area contributed by atoms with Gasteiger partial charge in [0.1, 0.15) is 6.61 Å². The molecule has 0 unspecified atom stereocenters. The topological polar surface area (TPSA) is 100 Å². The first kappa shape index (κ1) is 22.2. The summed E-state index contributed by atoms with van der Waals surface area (Å²) >= 11 is 3.37. The van der Waals surface area contributed by atoms with Gasteiger partial charge in [-0.1, -0.05) is 22.0 Å². The molecule has 0 spiro atoms. The number of methoxy groups -OCH3 is 1. The number of non-ortho nitro benzene ring substituents is 1. The number of hydrogen-bond acceptors (Lipinski definition) is 7. The lowest BCUT2D eigenvalue weighted by molar-refractivity contribution is -0.384. The van der Waals surface area contributed by atoms with Gasteiger partial charge in [-0.2, -0.15) is 0 Å². The summed E-state index contributed by atoms with van der Waals surface area (Å²) < 4.78 is 17.4. The third kappa shape index (κ3) is 5.27. The summed E-state index contributed by atoms with van der Waals surface area (Å²) in [5.41, 5.74) is 2.35. The van der Waals surface area contributed by atoms with Crippen LogP contribution < -0.4 is 9.47 Å². The van der Waals surface area contributed by atoms with Gasteiger partial charge in [0.15, 0.2) is 17.2 Å². The molecule has 0 saturated carbocycles. The Labute approximate surface area is 197 Å². The van der Waals surface area contributed by atoms with E-state index in [0.717, 1.165) is 10.0 Å². The normalized spacial score (nSPS) is 14.1. The van der Waals surface area contributed by atoms with Crippen molar-refractivity contribution in [3.05, 3.63) is 104 Å². The van der Waals surface area contributed by atoms with Crippen LogP contribution >= 0.6 is 15.9 Å². The quantitative estimate of drug-likeness (QED) is 0.186. The molecule has 0 aromatic heterocycles. The summed E-state index contributed by atoms with van der Waals surface area (Å²) in [6.45, 7) is 0.210. The van der Waals surface area contributed by atoms with Crippen LogP contribution in [0.15, 0.2) is 81.9 Å². The summed E-state index contributed by atoms with van der Waals surface area (Å²) in [4.78, 5) is 26.9. The molecule has 166 valence electrons. The van der Waals surface area contributed by atoms with E-state index in [-0.39, 0.29) is 23.9 Å². The summed E-state index contributed by atoms with van der Waals surface area (Å²) in [5, 5.41) is 10.8. The zero-order valence-corrected chi connectivity index (χ0v) is 18.9. The van der Waals surface area contributed by atoms with E-state index >= 15 is 0 Å². The number of nitro benzene ring substituents is 1. The van der Waals surface area contributed by atoms with Crippen molar-refractivity contribution in [3.63, 3.8) is 0 Å². The predicted octanol–water partition coefficient (Wildman–Crippen LogP) is 5.29. The number of hydrogen-bond donors (Lipinski definition) is 0. The number of halogens is 1. The zero-order valence-electron chi connectivity index (χ0n) is 17.4. The molecule has 4 rings (SSSR count). The maximum atomic E-state index is 12.3. The highest BCUT2D eigenvalue weighted by Crippen LogP contribution is 2.30. The molecule has 9 heteroatoms. The van der Waals surface area contributed by atoms with Crippen LogP contribution in [0, 0.1) is 10.1 Å². The van der Waals surface area contributed by atoms with Crippen LogP contribution in [0.25, 0.3) is 6.08 Å². The fourth-order valence-corrected chi connectivity index (χ4v) is 3.32. The van der Waals surface area contributed by atoms with Gasteiger partial charge in [-0.25, -0.2) is 9.79 Å². The number of nitro groups is 1. The fourth-order valence-electron chi connectivity index (χ4n) is 3.05. The Morgan fingerprint density at radius 1 is 1.06 bits per heavy atom. The van der Waals surface area contributed by atoms with Gasteiger partial charge in [0.25, 0.3) is 5.69 Å². The van der Waals surface area contributed by atoms with Crippen molar-refractivity contribution < 1.29 is 23.9 Å². The highest BCUT2D eigenvalue weighted by atomic mass is 79.9. The van der Waals surface area contributed by atoms with E-state index < -0.39 is 10.9 Å². The number of rotatable bonds is 7. The van der Waals surface area contributed by atoms with Gasteiger partial charge < -0.3 is 14.2 Å². The van der Waals surface area contributed by atoms with E-state index in [1.807, 2.05) is 12.1 Å². The van der Waals surface area contributed by atoms with Gasteiger partial charge in [0, 0.05) is 22.2 Å². The molecule has 33 heavy (non-hydrogen) atoms. The molecule has 3 aromatic carbocycles. The maximum absolute atomic E-state index is 12.3. The molecule has 0 saturated heterocycles. The molecule has 0 amide bonds. The van der Waals surface area contributed by atoms with Gasteiger partial charge >= 0.3 is 5.97 Å². The zero-order chi connectivity index (χ0) is 23.4. The van der Waals surface area contributed by atoms with E-state index in [1.165, 1.54) is 19.2 Å². The van der Waals surface area contributed by atoms with Crippen molar-refractivity contribution in [1.29, 1.82) is 0 Å². The van der Waals surface area contributed by atoms with Gasteiger partial charge in [-0.3, -0.25) is 10.1 Å². The SMILES string of the molecule is COc1cc(/C=C2\N=C(c3ccc(Br)cc3)OC2=O)ccc1OCc1ccc([N+](=O)[O-])cc1. The number of esters is 1. The van der Waals surface area contributed by atoms with E-state index in [2.05, 4.69) is 20.9 Å². The number of carbonyl (C=O) groups excluding carboxylic acids is 1. The minimum absolute atomic E-state index is 0.0186. The van der Waals surface area contributed by atoms with Crippen molar-refractivity contribution in [3.8, 4) is 11.5 Å². The van der Waals surface area contributed by atoms with Gasteiger partial charge in [-0.15, -0.1) is 0 Å². The number of cyclic esters (lactones) is 1. The number of carbonyl (C=O) groups is 1. The molecular formula is C24H17BrN2O6. The minimum atomic E-state index is -0.537. The molecule has 1 aliphatic rings. The molecule has 1 heterocycles. The van der Waals surface area contributed by atoms with Crippen molar-refractivity contribution in [2.24, 2.45) is 4.99 Å². The van der Waals surface area contributed by atoms with Crippen LogP contribution in [0.2, 0.25) is 0 Å². The molecule has 0 aliphatic carbocycles. The first-order valence-electron chi connectivity index (χ1n) is 9.75. The highest BCUT2D eigenvalue weighted by molar-refractivity contribution is 9.10. The Kier molecular flexibility index (Phi) is 6.50. The Morgan fingerprint density at radius 3 is 2.45 bits per heavy atom. The van der Waals surface area contributed by atoms with Crippen molar-refractivity contribution in [2.75, 3.05) is 7.11 Å². The number of nitrogens with zero attached hydrogens (tertiary/aromatic N) is 2. The number of aliphatic imine (C=N–C) groups is 1. The van der Waals surface area contributed by atoms with E-state index in [9.17, 15) is 14.9 Å². The van der Waals surface area contributed by atoms with Crippen LogP contribution in [0.5, 0.6) is 11.5 Å². The van der Waals surface area contributed by atoms with Gasteiger partial charge in [-0.05, 0) is 65.7 Å². The smallest absolute Gasteiger partial charge is 0.363 e. The Hall–Kier alpha value is -3.98. The Balaban J connectivity index is 1.50. The average Bonchev–Trinajstić information content (AvgIpc) is 3.18. The molecular weight excluding hydrogens is 492 g/mol. The molecule has 3 aromatic rings. The van der Waals surface area contributed by atoms with E-state index in [4.69, 9.17) is 14.2 Å². The summed E-state index contributed by atoms with van der Waals surface area (Å²) in [5.74, 6) is 0.667. The van der Waals surface area contributed by atoms with Crippen LogP contribution in [0.1, 0.15) is 16.7 Å². The highest BCUT2D eigenvalue weighted by Gasteiger charge is 2.24. The van der Waals surface area contributed by atoms with Crippen LogP contribution in [-0.2, 0) is 16.1 Å². The van der Waals surface area contributed by atoms with Crippen LogP contribution in [-0.4, -0.2) is 23.9 Å². The summed E-state index contributed by atoms with van der Waals surface area (Å²) in [6, 6.07) is 18.6.